The first-order valence-corrected chi connectivity index (χ1v) is 9.98. The number of carbonyl (C=O) groups excluding carboxylic acids is 1. The molecule has 1 spiro atoms. The summed E-state index contributed by atoms with van der Waals surface area (Å²) in [6, 6.07) is 8.22. The molecule has 0 aliphatic carbocycles. The van der Waals surface area contributed by atoms with Crippen molar-refractivity contribution in [1.29, 1.82) is 0 Å². The largest absolute Gasteiger partial charge is 0.494 e. The van der Waals surface area contributed by atoms with Crippen LogP contribution >= 0.6 is 12.4 Å². The first-order valence-electron chi connectivity index (χ1n) is 9.98. The van der Waals surface area contributed by atoms with Gasteiger partial charge in [0.15, 0.2) is 0 Å². The van der Waals surface area contributed by atoms with Gasteiger partial charge >= 0.3 is 0 Å². The van der Waals surface area contributed by atoms with Gasteiger partial charge in [-0.1, -0.05) is 0 Å². The molecule has 8 heteroatoms. The fourth-order valence-corrected chi connectivity index (χ4v) is 4.34. The second-order valence-electron chi connectivity index (χ2n) is 7.69. The van der Waals surface area contributed by atoms with Crippen LogP contribution in [0.15, 0.2) is 30.3 Å². The number of carbonyl (C=O) groups is 1. The van der Waals surface area contributed by atoms with Crippen molar-refractivity contribution in [3.8, 4) is 22.8 Å². The molecular formula is C22H27ClFN3O3. The molecule has 6 nitrogen and oxygen atoms in total. The average molecular weight is 436 g/mol. The molecule has 0 unspecified atom stereocenters. The van der Waals surface area contributed by atoms with Crippen molar-refractivity contribution >= 4 is 18.3 Å². The van der Waals surface area contributed by atoms with Crippen molar-refractivity contribution in [2.45, 2.75) is 37.8 Å². The molecule has 2 atom stereocenters. The van der Waals surface area contributed by atoms with Gasteiger partial charge in [-0.05, 0) is 56.0 Å². The fourth-order valence-electron chi connectivity index (χ4n) is 4.34. The Kier molecular flexibility index (Phi) is 6.53. The molecule has 30 heavy (non-hydrogen) atoms. The Hall–Kier alpha value is -2.38. The SMILES string of the molecule is CCOc1ccc(F)c(-c2cc(OC)nc([C@@H]3CC[C@]4(CCN(C)C4=O)N3)c2)c1.Cl. The number of likely N-dealkylation sites (N-methyl/N-ethyl adjacent to an activating group) is 1. The molecule has 0 saturated carbocycles. The van der Waals surface area contributed by atoms with Gasteiger partial charge < -0.3 is 14.4 Å². The molecular weight excluding hydrogens is 409 g/mol. The maximum atomic E-state index is 14.6. The number of pyridine rings is 1. The summed E-state index contributed by atoms with van der Waals surface area (Å²) in [4.78, 5) is 19.0. The predicted octanol–water partition coefficient (Wildman–Crippen LogP) is 3.74. The topological polar surface area (TPSA) is 63.7 Å². The summed E-state index contributed by atoms with van der Waals surface area (Å²) in [5, 5.41) is 3.51. The highest BCUT2D eigenvalue weighted by molar-refractivity contribution is 5.88. The van der Waals surface area contributed by atoms with E-state index in [1.807, 2.05) is 20.0 Å². The third kappa shape index (κ3) is 3.96. The van der Waals surface area contributed by atoms with Crippen LogP contribution < -0.4 is 14.8 Å². The van der Waals surface area contributed by atoms with Crippen molar-refractivity contribution in [3.63, 3.8) is 0 Å². The van der Waals surface area contributed by atoms with Gasteiger partial charge in [-0.3, -0.25) is 10.1 Å². The molecule has 2 fully saturated rings. The molecule has 2 saturated heterocycles. The van der Waals surface area contributed by atoms with E-state index < -0.39 is 5.54 Å². The standard InChI is InChI=1S/C22H26FN3O3.ClH/c1-4-29-15-5-6-17(23)16(13-15)14-11-19(24-20(12-14)28-3)18-7-8-22(25-18)9-10-26(2)21(22)27;/h5-6,11-13,18,25H,4,7-10H2,1-3H3;1H/t18-,22+;/m0./s1. The molecule has 2 aromatic rings. The van der Waals surface area contributed by atoms with Gasteiger partial charge in [0, 0.05) is 25.2 Å². The van der Waals surface area contributed by atoms with Crippen LogP contribution in [0, 0.1) is 5.82 Å². The average Bonchev–Trinajstić information content (AvgIpc) is 3.29. The zero-order valence-electron chi connectivity index (χ0n) is 17.4. The van der Waals surface area contributed by atoms with Crippen molar-refractivity contribution in [1.82, 2.24) is 15.2 Å². The number of nitrogens with one attached hydrogen (secondary N) is 1. The zero-order valence-corrected chi connectivity index (χ0v) is 18.2. The maximum Gasteiger partial charge on any atom is 0.242 e. The number of amides is 1. The molecule has 1 aromatic carbocycles. The Morgan fingerprint density at radius 2 is 2.10 bits per heavy atom. The minimum absolute atomic E-state index is 0. The number of benzene rings is 1. The van der Waals surface area contributed by atoms with Crippen molar-refractivity contribution < 1.29 is 18.7 Å². The molecule has 1 amide bonds. The number of nitrogens with zero attached hydrogens (tertiary/aromatic N) is 2. The number of ether oxygens (including phenoxy) is 2. The number of hydrogen-bond donors (Lipinski definition) is 1. The van der Waals surface area contributed by atoms with E-state index in [0.29, 0.717) is 29.4 Å². The second kappa shape index (κ2) is 8.78. The molecule has 2 aliphatic rings. The van der Waals surface area contributed by atoms with E-state index in [9.17, 15) is 9.18 Å². The number of methoxy groups -OCH3 is 1. The van der Waals surface area contributed by atoms with Crippen LogP contribution in [0.4, 0.5) is 4.39 Å². The number of halogens is 2. The van der Waals surface area contributed by atoms with Gasteiger partial charge in [0.1, 0.15) is 17.1 Å². The predicted molar refractivity (Wildman–Crippen MR) is 115 cm³/mol. The quantitative estimate of drug-likeness (QED) is 0.775. The number of rotatable bonds is 5. The minimum Gasteiger partial charge on any atom is -0.494 e. The molecule has 0 bridgehead atoms. The van der Waals surface area contributed by atoms with Gasteiger partial charge in [0.25, 0.3) is 0 Å². The summed E-state index contributed by atoms with van der Waals surface area (Å²) in [5.74, 6) is 0.824. The fraction of sp³-hybridized carbons (Fsp3) is 0.455. The van der Waals surface area contributed by atoms with E-state index in [-0.39, 0.29) is 30.2 Å². The molecule has 0 radical (unpaired) electrons. The van der Waals surface area contributed by atoms with Crippen molar-refractivity contribution in [2.24, 2.45) is 0 Å². The highest BCUT2D eigenvalue weighted by atomic mass is 35.5. The van der Waals surface area contributed by atoms with Gasteiger partial charge in [0.2, 0.25) is 11.8 Å². The number of aromatic nitrogens is 1. The van der Waals surface area contributed by atoms with Crippen LogP contribution in [0.3, 0.4) is 0 Å². The third-order valence-electron chi connectivity index (χ3n) is 5.89. The Morgan fingerprint density at radius 3 is 2.77 bits per heavy atom. The molecule has 162 valence electrons. The van der Waals surface area contributed by atoms with Crippen LogP contribution in [-0.2, 0) is 4.79 Å². The smallest absolute Gasteiger partial charge is 0.242 e. The third-order valence-corrected chi connectivity index (χ3v) is 5.89. The van der Waals surface area contributed by atoms with E-state index in [1.165, 1.54) is 6.07 Å². The van der Waals surface area contributed by atoms with Crippen molar-refractivity contribution in [2.75, 3.05) is 27.3 Å². The van der Waals surface area contributed by atoms with Gasteiger partial charge in [0.05, 0.1) is 25.5 Å². The van der Waals surface area contributed by atoms with Gasteiger partial charge in [-0.15, -0.1) is 12.4 Å². The van der Waals surface area contributed by atoms with Crippen LogP contribution in [0.1, 0.15) is 37.9 Å². The summed E-state index contributed by atoms with van der Waals surface area (Å²) in [6.07, 6.45) is 2.35. The summed E-state index contributed by atoms with van der Waals surface area (Å²) in [6.45, 7) is 3.15. The summed E-state index contributed by atoms with van der Waals surface area (Å²) < 4.78 is 25.5. The molecule has 1 N–H and O–H groups in total. The van der Waals surface area contributed by atoms with Crippen LogP contribution in [0.25, 0.3) is 11.1 Å². The Balaban J connectivity index is 0.00000256. The lowest BCUT2D eigenvalue weighted by molar-refractivity contribution is -0.131. The van der Waals surface area contributed by atoms with Crippen LogP contribution in [-0.4, -0.2) is 48.6 Å². The summed E-state index contributed by atoms with van der Waals surface area (Å²) in [7, 11) is 3.38. The molecule has 1 aromatic heterocycles. The lowest BCUT2D eigenvalue weighted by Crippen LogP contribution is -2.47. The zero-order chi connectivity index (χ0) is 20.6. The highest BCUT2D eigenvalue weighted by Gasteiger charge is 2.50. The highest BCUT2D eigenvalue weighted by Crippen LogP contribution is 2.40. The van der Waals surface area contributed by atoms with Crippen LogP contribution in [0.2, 0.25) is 0 Å². The van der Waals surface area contributed by atoms with Crippen LogP contribution in [0.5, 0.6) is 11.6 Å². The normalized spacial score (nSPS) is 23.0. The Bertz CT molecular complexity index is 942. The van der Waals surface area contributed by atoms with E-state index in [1.54, 1.807) is 30.2 Å². The number of likely N-dealkylation sites (tertiary alicyclic amines) is 1. The maximum absolute atomic E-state index is 14.6. The number of hydrogen-bond acceptors (Lipinski definition) is 5. The molecule has 2 aliphatic heterocycles. The van der Waals surface area contributed by atoms with Gasteiger partial charge in [-0.25, -0.2) is 9.37 Å². The lowest BCUT2D eigenvalue weighted by atomic mass is 9.96. The minimum atomic E-state index is -0.509. The molecule has 3 heterocycles. The van der Waals surface area contributed by atoms with E-state index in [2.05, 4.69) is 10.3 Å². The first kappa shape index (κ1) is 22.3. The van der Waals surface area contributed by atoms with E-state index in [0.717, 1.165) is 31.5 Å². The lowest BCUT2D eigenvalue weighted by Gasteiger charge is -2.23. The van der Waals surface area contributed by atoms with E-state index >= 15 is 0 Å². The van der Waals surface area contributed by atoms with Gasteiger partial charge in [-0.2, -0.15) is 0 Å². The monoisotopic (exact) mass is 435 g/mol. The second-order valence-corrected chi connectivity index (χ2v) is 7.69. The van der Waals surface area contributed by atoms with Crippen molar-refractivity contribution in [3.05, 3.63) is 41.8 Å². The van der Waals surface area contributed by atoms with E-state index in [4.69, 9.17) is 9.47 Å². The first-order chi connectivity index (χ1) is 14.0. The summed E-state index contributed by atoms with van der Waals surface area (Å²) in [5.41, 5.74) is 1.34. The Morgan fingerprint density at radius 1 is 1.30 bits per heavy atom. The Labute approximate surface area is 182 Å². The molecule has 4 rings (SSSR count). The summed E-state index contributed by atoms with van der Waals surface area (Å²) >= 11 is 0.